The highest BCUT2D eigenvalue weighted by Crippen LogP contribution is 2.44. The van der Waals surface area contributed by atoms with Crippen molar-refractivity contribution in [3.8, 4) is 10.8 Å². The van der Waals surface area contributed by atoms with Gasteiger partial charge in [-0.3, -0.25) is 23.9 Å². The number of esters is 1. The number of thiophene rings is 1. The molecule has 64 heavy (non-hydrogen) atoms. The minimum atomic E-state index is -4.07. The predicted molar refractivity (Wildman–Crippen MR) is 241 cm³/mol. The number of nitrogens with zero attached hydrogens (tertiary/aromatic N) is 7. The lowest BCUT2D eigenvalue weighted by molar-refractivity contribution is -0.141. The van der Waals surface area contributed by atoms with E-state index in [2.05, 4.69) is 25.2 Å². The highest BCUT2D eigenvalue weighted by Gasteiger charge is 2.46. The largest absolute Gasteiger partial charge is 0.494 e. The van der Waals surface area contributed by atoms with E-state index in [9.17, 15) is 27.9 Å². The summed E-state index contributed by atoms with van der Waals surface area (Å²) in [5.41, 5.74) is 5.47. The van der Waals surface area contributed by atoms with Crippen LogP contribution in [-0.2, 0) is 37.9 Å². The number of carboxylic acids is 1. The number of nitrogens with one attached hydrogen (secondary N) is 1. The molecule has 1 fully saturated rings. The Hall–Kier alpha value is -5.53. The molecule has 1 aliphatic carbocycles. The first-order chi connectivity index (χ1) is 30.5. The average Bonchev–Trinajstić information content (AvgIpc) is 3.98. The third-order valence-corrected chi connectivity index (χ3v) is 16.4. The molecule has 2 aliphatic rings. The fourth-order valence-corrected chi connectivity index (χ4v) is 12.0. The third kappa shape index (κ3) is 8.44. The van der Waals surface area contributed by atoms with Crippen molar-refractivity contribution in [2.45, 2.75) is 75.6 Å². The normalized spacial score (nSPS) is 19.0. The van der Waals surface area contributed by atoms with Gasteiger partial charge >= 0.3 is 11.9 Å². The van der Waals surface area contributed by atoms with Gasteiger partial charge in [0.05, 0.1) is 42.4 Å². The number of carbonyl (C=O) groups excluding carboxylic acids is 2. The van der Waals surface area contributed by atoms with Crippen molar-refractivity contribution in [1.82, 2.24) is 34.5 Å². The van der Waals surface area contributed by atoms with Crippen LogP contribution in [-0.4, -0.2) is 85.7 Å². The second-order valence-electron chi connectivity index (χ2n) is 16.3. The Morgan fingerprint density at radius 1 is 1.06 bits per heavy atom. The summed E-state index contributed by atoms with van der Waals surface area (Å²) in [6.45, 7) is 3.35. The first-order valence-electron chi connectivity index (χ1n) is 20.4. The first kappa shape index (κ1) is 45.1. The lowest BCUT2D eigenvalue weighted by atomic mass is 9.79. The number of halogens is 2. The average molecular weight is 948 g/mol. The lowest BCUT2D eigenvalue weighted by Gasteiger charge is -2.37. The van der Waals surface area contributed by atoms with Crippen LogP contribution in [0.3, 0.4) is 0 Å². The van der Waals surface area contributed by atoms with Crippen molar-refractivity contribution in [3.63, 3.8) is 0 Å². The number of ether oxygens (including phenoxy) is 2. The van der Waals surface area contributed by atoms with Crippen LogP contribution in [0.15, 0.2) is 65.9 Å². The van der Waals surface area contributed by atoms with Gasteiger partial charge in [-0.2, -0.15) is 0 Å². The zero-order valence-corrected chi connectivity index (χ0v) is 38.6. The van der Waals surface area contributed by atoms with Gasteiger partial charge in [0.15, 0.2) is 11.6 Å². The van der Waals surface area contributed by atoms with Crippen LogP contribution < -0.4 is 9.46 Å². The van der Waals surface area contributed by atoms with Gasteiger partial charge in [-0.05, 0) is 85.7 Å². The molecular weight excluding hydrogens is 904 g/mol. The van der Waals surface area contributed by atoms with E-state index in [0.29, 0.717) is 101 Å². The Balaban J connectivity index is 1.06. The molecule has 1 aliphatic heterocycles. The van der Waals surface area contributed by atoms with Gasteiger partial charge in [-0.1, -0.05) is 59.1 Å². The highest BCUT2D eigenvalue weighted by atomic mass is 35.5. The molecule has 334 valence electrons. The maximum absolute atomic E-state index is 14.7. The van der Waals surface area contributed by atoms with E-state index in [1.165, 1.54) is 31.9 Å². The number of Topliss-reactive ketones (excluding diaryl/α,β-unsaturated/α-hetero) is 1. The number of aryl methyl sites for hydroxylation is 1. The minimum absolute atomic E-state index is 0.0710. The van der Waals surface area contributed by atoms with Crippen LogP contribution in [0.1, 0.15) is 106 Å². The Bertz CT molecular complexity index is 2970. The molecule has 3 unspecified atom stereocenters. The Morgan fingerprint density at radius 2 is 1.83 bits per heavy atom. The zero-order chi connectivity index (χ0) is 45.7. The molecule has 1 saturated carbocycles. The lowest BCUT2D eigenvalue weighted by Crippen LogP contribution is -2.47. The summed E-state index contributed by atoms with van der Waals surface area (Å²) in [6.07, 6.45) is 2.55. The standard InChI is InChI=1S/C44H44Cl2N8O8S2/c1-23-37-38(24-8-11-29(45)12-9-24)49-33(19-36(57)62-5)42-51-47-22-54(42)43(37)63-41(23)40(58)26-7-6-14-44(2,20-26)64(59,60)48-21-28-15-25(10-13-31(28)46)30(18-35(55)56)27-16-32-39(34(17-27)61-4)53(3)52-50-32/h8-13,15-17,22,26,30,33,48H,6-7,14,18-21H2,1-5H3,(H,55,56)/t26?,30?,33-,44?/m0/s1. The zero-order valence-electron chi connectivity index (χ0n) is 35.5. The number of fused-ring (bicyclic) bond motifs is 4. The number of carbonyl (C=O) groups is 3. The van der Waals surface area contributed by atoms with E-state index in [1.54, 1.807) is 65.7 Å². The van der Waals surface area contributed by atoms with Gasteiger partial charge in [0, 0.05) is 46.6 Å². The summed E-state index contributed by atoms with van der Waals surface area (Å²) in [4.78, 5) is 45.0. The molecular formula is C44H44Cl2N8O8S2. The van der Waals surface area contributed by atoms with Crippen molar-refractivity contribution in [2.24, 2.45) is 18.0 Å². The van der Waals surface area contributed by atoms with E-state index in [-0.39, 0.29) is 31.6 Å². The highest BCUT2D eigenvalue weighted by molar-refractivity contribution is 7.90. The summed E-state index contributed by atoms with van der Waals surface area (Å²) < 4.78 is 44.1. The molecule has 0 saturated heterocycles. The van der Waals surface area contributed by atoms with Crippen molar-refractivity contribution in [3.05, 3.63) is 115 Å². The summed E-state index contributed by atoms with van der Waals surface area (Å²) >= 11 is 14.2. The number of aliphatic carboxylic acids is 1. The Kier molecular flexibility index (Phi) is 12.5. The number of carboxylic acid groups (broad SMARTS) is 1. The van der Waals surface area contributed by atoms with Crippen LogP contribution in [0.5, 0.6) is 5.75 Å². The van der Waals surface area contributed by atoms with E-state index in [0.717, 1.165) is 0 Å². The minimum Gasteiger partial charge on any atom is -0.494 e. The van der Waals surface area contributed by atoms with Crippen LogP contribution >= 0.6 is 34.5 Å². The SMILES string of the molecule is COC(=O)C[C@@H]1N=C(c2ccc(Cl)cc2)c2c(sc(C(=O)C3CCCC(C)(S(=O)(=O)NCc4cc(C(CC(=O)O)c5cc(OC)c6c(c5)nnn6C)ccc4Cl)C3)c2C)-n2cnnc21. The fraction of sp³-hybridized carbons (Fsp3) is 0.364. The molecule has 0 bridgehead atoms. The Labute approximate surface area is 382 Å². The van der Waals surface area contributed by atoms with Crippen molar-refractivity contribution in [1.29, 1.82) is 0 Å². The second-order valence-corrected chi connectivity index (χ2v) is 20.4. The van der Waals surface area contributed by atoms with Crippen molar-refractivity contribution in [2.75, 3.05) is 14.2 Å². The number of aliphatic imine (C=N–C) groups is 1. The van der Waals surface area contributed by atoms with E-state index in [1.807, 2.05) is 19.1 Å². The molecule has 6 aromatic rings. The van der Waals surface area contributed by atoms with Gasteiger partial charge in [0.25, 0.3) is 0 Å². The molecule has 0 radical (unpaired) electrons. The van der Waals surface area contributed by atoms with Gasteiger partial charge < -0.3 is 14.6 Å². The van der Waals surface area contributed by atoms with Gasteiger partial charge in [0.1, 0.15) is 34.2 Å². The molecule has 0 amide bonds. The van der Waals surface area contributed by atoms with Crippen molar-refractivity contribution < 1.29 is 37.4 Å². The summed E-state index contributed by atoms with van der Waals surface area (Å²) in [5.74, 6) is -2.08. The number of methoxy groups -OCH3 is 2. The molecule has 2 N–H and O–H groups in total. The van der Waals surface area contributed by atoms with Gasteiger partial charge in [0.2, 0.25) is 10.0 Å². The third-order valence-electron chi connectivity index (χ3n) is 12.2. The van der Waals surface area contributed by atoms with E-state index in [4.69, 9.17) is 37.7 Å². The number of benzene rings is 3. The summed E-state index contributed by atoms with van der Waals surface area (Å²) in [5, 5.41) is 28.2. The molecule has 4 atom stereocenters. The number of aromatic nitrogens is 6. The molecule has 0 spiro atoms. The number of hydrogen-bond acceptors (Lipinski definition) is 13. The summed E-state index contributed by atoms with van der Waals surface area (Å²) in [7, 11) is 0.483. The van der Waals surface area contributed by atoms with E-state index < -0.39 is 44.6 Å². The molecule has 20 heteroatoms. The topological polar surface area (TPSA) is 210 Å². The summed E-state index contributed by atoms with van der Waals surface area (Å²) in [6, 6.07) is 15.0. The monoisotopic (exact) mass is 946 g/mol. The number of hydrogen-bond donors (Lipinski definition) is 2. The van der Waals surface area contributed by atoms with Gasteiger partial charge in [-0.25, -0.2) is 17.8 Å². The second kappa shape index (κ2) is 17.8. The van der Waals surface area contributed by atoms with Crippen LogP contribution in [0.25, 0.3) is 16.0 Å². The van der Waals surface area contributed by atoms with Crippen LogP contribution in [0.2, 0.25) is 10.0 Å². The number of rotatable bonds is 14. The van der Waals surface area contributed by atoms with Crippen LogP contribution in [0.4, 0.5) is 0 Å². The quantitative estimate of drug-likeness (QED) is 0.0801. The first-order valence-corrected chi connectivity index (χ1v) is 23.4. The van der Waals surface area contributed by atoms with Crippen molar-refractivity contribution >= 4 is 79.0 Å². The number of sulfonamides is 1. The predicted octanol–water partition coefficient (Wildman–Crippen LogP) is 7.55. The van der Waals surface area contributed by atoms with Crippen LogP contribution in [0, 0.1) is 12.8 Å². The number of ketones is 1. The molecule has 3 aromatic carbocycles. The molecule has 16 nitrogen and oxygen atoms in total. The molecule has 4 heterocycles. The maximum Gasteiger partial charge on any atom is 0.308 e. The smallest absolute Gasteiger partial charge is 0.308 e. The molecule has 8 rings (SSSR count). The van der Waals surface area contributed by atoms with E-state index >= 15 is 0 Å². The fourth-order valence-electron chi connectivity index (χ4n) is 8.82. The molecule has 3 aromatic heterocycles. The van der Waals surface area contributed by atoms with Gasteiger partial charge in [-0.15, -0.1) is 26.6 Å². The maximum atomic E-state index is 14.7. The Morgan fingerprint density at radius 3 is 2.55 bits per heavy atom.